The molecule has 0 aliphatic heterocycles. The maximum absolute atomic E-state index is 5.34. The van der Waals surface area contributed by atoms with Gasteiger partial charge in [-0.05, 0) is 37.3 Å². The predicted molar refractivity (Wildman–Crippen MR) is 50.4 cm³/mol. The van der Waals surface area contributed by atoms with Crippen molar-refractivity contribution in [2.24, 2.45) is 5.73 Å². The van der Waals surface area contributed by atoms with Gasteiger partial charge in [-0.2, -0.15) is 11.8 Å². The van der Waals surface area contributed by atoms with E-state index in [1.165, 1.54) is 17.9 Å². The summed E-state index contributed by atoms with van der Waals surface area (Å²) in [6.07, 6.45) is 5.54. The molecule has 0 aromatic heterocycles. The molecule has 0 radical (unpaired) electrons. The summed E-state index contributed by atoms with van der Waals surface area (Å²) in [6, 6.07) is 0. The minimum absolute atomic E-state index is 0.828. The lowest BCUT2D eigenvalue weighted by Gasteiger charge is -1.96. The van der Waals surface area contributed by atoms with Gasteiger partial charge in [0.25, 0.3) is 0 Å². The molecule has 0 atom stereocenters. The van der Waals surface area contributed by atoms with Crippen molar-refractivity contribution < 1.29 is 0 Å². The maximum atomic E-state index is 5.34. The molecule has 1 nitrogen and oxygen atoms in total. The first-order valence-electron chi connectivity index (χ1n) is 3.80. The van der Waals surface area contributed by atoms with Crippen molar-refractivity contribution >= 4 is 11.8 Å². The van der Waals surface area contributed by atoms with Crippen molar-refractivity contribution in [3.05, 3.63) is 12.7 Å². The van der Waals surface area contributed by atoms with Crippen LogP contribution in [0.5, 0.6) is 0 Å². The van der Waals surface area contributed by atoms with Gasteiger partial charge in [-0.3, -0.25) is 0 Å². The molecule has 2 heteroatoms. The Balaban J connectivity index is 2.70. The van der Waals surface area contributed by atoms with Gasteiger partial charge in [0.05, 0.1) is 0 Å². The fourth-order valence-electron chi connectivity index (χ4n) is 0.617. The fourth-order valence-corrected chi connectivity index (χ4v) is 1.56. The van der Waals surface area contributed by atoms with E-state index in [1.807, 2.05) is 17.8 Å². The van der Waals surface area contributed by atoms with Crippen molar-refractivity contribution in [3.63, 3.8) is 0 Å². The molecule has 0 bridgehead atoms. The van der Waals surface area contributed by atoms with Crippen molar-refractivity contribution in [1.82, 2.24) is 0 Å². The molecule has 0 aromatic carbocycles. The average Bonchev–Trinajstić information content (AvgIpc) is 1.97. The van der Waals surface area contributed by atoms with Crippen LogP contribution in [0, 0.1) is 0 Å². The zero-order valence-electron chi connectivity index (χ0n) is 6.51. The standard InChI is InChI=1S/C8H17NS/c1-2-3-4-7-10-8-5-6-9/h2H,1,3-9H2. The Labute approximate surface area is 68.1 Å². The molecule has 0 saturated heterocycles. The van der Waals surface area contributed by atoms with Gasteiger partial charge in [0.1, 0.15) is 0 Å². The second-order valence-corrected chi connectivity index (χ2v) is 3.41. The molecule has 0 fully saturated rings. The van der Waals surface area contributed by atoms with Gasteiger partial charge < -0.3 is 5.73 Å². The molecule has 2 N–H and O–H groups in total. The zero-order chi connectivity index (χ0) is 7.66. The molecular weight excluding hydrogens is 142 g/mol. The monoisotopic (exact) mass is 159 g/mol. The summed E-state index contributed by atoms with van der Waals surface area (Å²) in [5, 5.41) is 0. The van der Waals surface area contributed by atoms with Crippen LogP contribution >= 0.6 is 11.8 Å². The first-order chi connectivity index (χ1) is 4.91. The summed E-state index contributed by atoms with van der Waals surface area (Å²) in [6.45, 7) is 4.49. The summed E-state index contributed by atoms with van der Waals surface area (Å²) in [7, 11) is 0. The van der Waals surface area contributed by atoms with Gasteiger partial charge in [0.2, 0.25) is 0 Å². The van der Waals surface area contributed by atoms with Crippen LogP contribution in [0.4, 0.5) is 0 Å². The number of thioether (sulfide) groups is 1. The highest BCUT2D eigenvalue weighted by molar-refractivity contribution is 7.99. The molecule has 0 heterocycles. The first-order valence-corrected chi connectivity index (χ1v) is 4.96. The molecule has 0 spiro atoms. The van der Waals surface area contributed by atoms with Gasteiger partial charge in [-0.15, -0.1) is 6.58 Å². The van der Waals surface area contributed by atoms with Gasteiger partial charge in [0, 0.05) is 0 Å². The molecule has 0 saturated carbocycles. The Kier molecular flexibility index (Phi) is 9.10. The molecule has 0 amide bonds. The van der Waals surface area contributed by atoms with Crippen LogP contribution < -0.4 is 5.73 Å². The van der Waals surface area contributed by atoms with Gasteiger partial charge in [-0.25, -0.2) is 0 Å². The third-order valence-electron chi connectivity index (χ3n) is 1.19. The van der Waals surface area contributed by atoms with Crippen LogP contribution in [0.3, 0.4) is 0 Å². The third kappa shape index (κ3) is 8.05. The Morgan fingerprint density at radius 2 is 2.00 bits per heavy atom. The number of unbranched alkanes of at least 4 members (excludes halogenated alkanes) is 1. The number of nitrogens with two attached hydrogens (primary N) is 1. The molecule has 0 rings (SSSR count). The second kappa shape index (κ2) is 9.05. The summed E-state index contributed by atoms with van der Waals surface area (Å²) in [5.41, 5.74) is 5.34. The van der Waals surface area contributed by atoms with Crippen molar-refractivity contribution in [3.8, 4) is 0 Å². The molecular formula is C8H17NS. The lowest BCUT2D eigenvalue weighted by molar-refractivity contribution is 0.933. The van der Waals surface area contributed by atoms with E-state index in [0.29, 0.717) is 0 Å². The van der Waals surface area contributed by atoms with Crippen LogP contribution in [0.25, 0.3) is 0 Å². The van der Waals surface area contributed by atoms with E-state index in [1.54, 1.807) is 0 Å². The Morgan fingerprint density at radius 1 is 1.30 bits per heavy atom. The minimum atomic E-state index is 0.828. The van der Waals surface area contributed by atoms with Crippen LogP contribution in [-0.2, 0) is 0 Å². The van der Waals surface area contributed by atoms with Crippen molar-refractivity contribution in [2.75, 3.05) is 18.1 Å². The molecule has 10 heavy (non-hydrogen) atoms. The van der Waals surface area contributed by atoms with E-state index in [2.05, 4.69) is 6.58 Å². The number of allylic oxidation sites excluding steroid dienone is 1. The van der Waals surface area contributed by atoms with E-state index in [-0.39, 0.29) is 0 Å². The SMILES string of the molecule is C=CCCCSCCCN. The minimum Gasteiger partial charge on any atom is -0.330 e. The molecule has 60 valence electrons. The highest BCUT2D eigenvalue weighted by atomic mass is 32.2. The smallest absolute Gasteiger partial charge is 0.00555 e. The van der Waals surface area contributed by atoms with Crippen molar-refractivity contribution in [2.45, 2.75) is 19.3 Å². The van der Waals surface area contributed by atoms with Crippen molar-refractivity contribution in [1.29, 1.82) is 0 Å². The molecule has 0 aliphatic rings. The number of hydrogen-bond donors (Lipinski definition) is 1. The summed E-state index contributed by atoms with van der Waals surface area (Å²) in [5.74, 6) is 2.47. The quantitative estimate of drug-likeness (QED) is 0.454. The van der Waals surface area contributed by atoms with Crippen LogP contribution in [0.15, 0.2) is 12.7 Å². The van der Waals surface area contributed by atoms with E-state index < -0.39 is 0 Å². The zero-order valence-corrected chi connectivity index (χ0v) is 7.33. The van der Waals surface area contributed by atoms with E-state index >= 15 is 0 Å². The maximum Gasteiger partial charge on any atom is -0.00555 e. The molecule has 0 aliphatic carbocycles. The first kappa shape index (κ1) is 10.0. The lowest BCUT2D eigenvalue weighted by Crippen LogP contribution is -1.99. The fraction of sp³-hybridized carbons (Fsp3) is 0.750. The highest BCUT2D eigenvalue weighted by Crippen LogP contribution is 2.05. The normalized spacial score (nSPS) is 9.70. The van der Waals surface area contributed by atoms with Gasteiger partial charge in [-0.1, -0.05) is 6.08 Å². The Morgan fingerprint density at radius 3 is 2.60 bits per heavy atom. The lowest BCUT2D eigenvalue weighted by atomic mass is 10.3. The number of hydrogen-bond acceptors (Lipinski definition) is 2. The van der Waals surface area contributed by atoms with E-state index in [0.717, 1.165) is 19.4 Å². The predicted octanol–water partition coefficient (Wildman–Crippen LogP) is 2.03. The van der Waals surface area contributed by atoms with Gasteiger partial charge in [0.15, 0.2) is 0 Å². The molecule has 0 unspecified atom stereocenters. The second-order valence-electron chi connectivity index (χ2n) is 2.19. The summed E-state index contributed by atoms with van der Waals surface area (Å²) >= 11 is 1.99. The summed E-state index contributed by atoms with van der Waals surface area (Å²) < 4.78 is 0. The Hall–Kier alpha value is 0.0500. The van der Waals surface area contributed by atoms with Gasteiger partial charge >= 0.3 is 0 Å². The third-order valence-corrected chi connectivity index (χ3v) is 2.34. The molecule has 0 aromatic rings. The number of rotatable bonds is 7. The van der Waals surface area contributed by atoms with Crippen LogP contribution in [0.2, 0.25) is 0 Å². The largest absolute Gasteiger partial charge is 0.330 e. The van der Waals surface area contributed by atoms with E-state index in [4.69, 9.17) is 5.73 Å². The Bertz CT molecular complexity index is 73.7. The highest BCUT2D eigenvalue weighted by Gasteiger charge is 1.86. The van der Waals surface area contributed by atoms with E-state index in [9.17, 15) is 0 Å². The van der Waals surface area contributed by atoms with Crippen LogP contribution in [0.1, 0.15) is 19.3 Å². The van der Waals surface area contributed by atoms with Crippen LogP contribution in [-0.4, -0.2) is 18.1 Å². The summed E-state index contributed by atoms with van der Waals surface area (Å²) in [4.78, 5) is 0. The average molecular weight is 159 g/mol. The topological polar surface area (TPSA) is 26.0 Å².